The van der Waals surface area contributed by atoms with Crippen LogP contribution in [0.2, 0.25) is 0 Å². The van der Waals surface area contributed by atoms with Crippen LogP contribution in [0.4, 0.5) is 0 Å². The predicted molar refractivity (Wildman–Crippen MR) is 63.9 cm³/mol. The molecule has 0 aromatic heterocycles. The number of ether oxygens (including phenoxy) is 1. The minimum atomic E-state index is 0.601. The highest BCUT2D eigenvalue weighted by molar-refractivity contribution is 4.78. The van der Waals surface area contributed by atoms with Crippen LogP contribution in [-0.4, -0.2) is 31.8 Å². The van der Waals surface area contributed by atoms with Gasteiger partial charge in [-0.25, -0.2) is 0 Å². The molecule has 15 heavy (non-hydrogen) atoms. The number of rotatable bonds is 8. The van der Waals surface area contributed by atoms with Gasteiger partial charge in [0.05, 0.1) is 12.9 Å². The van der Waals surface area contributed by atoms with Crippen LogP contribution >= 0.6 is 0 Å². The molecule has 0 amide bonds. The minimum absolute atomic E-state index is 0.601. The van der Waals surface area contributed by atoms with Crippen LogP contribution in [0, 0.1) is 0 Å². The Labute approximate surface area is 93.3 Å². The second kappa shape index (κ2) is 7.71. The third kappa shape index (κ3) is 5.80. The summed E-state index contributed by atoms with van der Waals surface area (Å²) in [7, 11) is 0. The minimum Gasteiger partial charge on any atom is -0.502 e. The van der Waals surface area contributed by atoms with E-state index in [1.807, 2.05) is 0 Å². The molecule has 1 aliphatic heterocycles. The Bertz CT molecular complexity index is 167. The Morgan fingerprint density at radius 3 is 3.20 bits per heavy atom. The van der Waals surface area contributed by atoms with Crippen molar-refractivity contribution in [1.82, 2.24) is 10.6 Å². The van der Waals surface area contributed by atoms with Crippen molar-refractivity contribution in [2.45, 2.75) is 44.7 Å². The first-order valence-corrected chi connectivity index (χ1v) is 6.02. The van der Waals surface area contributed by atoms with Crippen LogP contribution in [0.3, 0.4) is 0 Å². The summed E-state index contributed by atoms with van der Waals surface area (Å²) in [5.74, 6) is 0. The first kappa shape index (κ1) is 12.5. The third-order valence-electron chi connectivity index (χ3n) is 2.85. The molecule has 1 aliphatic rings. The quantitative estimate of drug-likeness (QED) is 0.474. The molecular formula is C12H24N2O. The van der Waals surface area contributed by atoms with Crippen LogP contribution in [-0.2, 0) is 4.74 Å². The van der Waals surface area contributed by atoms with Crippen molar-refractivity contribution in [3.8, 4) is 0 Å². The standard InChI is InChI=1S/C12H24N2O/c1-3-15-9-5-8-13-11(2)10-12-6-4-7-14-12/h3,11-14H,1,4-10H2,2H3. The van der Waals surface area contributed by atoms with Gasteiger partial charge in [0.1, 0.15) is 0 Å². The highest BCUT2D eigenvalue weighted by Gasteiger charge is 2.16. The maximum absolute atomic E-state index is 5.06. The summed E-state index contributed by atoms with van der Waals surface area (Å²) in [5, 5.41) is 7.03. The zero-order valence-electron chi connectivity index (χ0n) is 9.80. The topological polar surface area (TPSA) is 33.3 Å². The number of hydrogen-bond donors (Lipinski definition) is 2. The van der Waals surface area contributed by atoms with Crippen molar-refractivity contribution in [3.63, 3.8) is 0 Å². The first-order valence-electron chi connectivity index (χ1n) is 6.02. The van der Waals surface area contributed by atoms with E-state index in [1.165, 1.54) is 32.1 Å². The number of hydrogen-bond acceptors (Lipinski definition) is 3. The molecule has 1 rings (SSSR count). The van der Waals surface area contributed by atoms with E-state index in [0.29, 0.717) is 6.04 Å². The van der Waals surface area contributed by atoms with Crippen LogP contribution in [0.5, 0.6) is 0 Å². The molecule has 0 aromatic carbocycles. The van der Waals surface area contributed by atoms with Crippen LogP contribution in [0.15, 0.2) is 12.8 Å². The number of nitrogens with one attached hydrogen (secondary N) is 2. The Morgan fingerprint density at radius 2 is 2.53 bits per heavy atom. The molecule has 2 unspecified atom stereocenters. The van der Waals surface area contributed by atoms with Gasteiger partial charge < -0.3 is 15.4 Å². The first-order chi connectivity index (χ1) is 7.33. The van der Waals surface area contributed by atoms with Crippen LogP contribution < -0.4 is 10.6 Å². The van der Waals surface area contributed by atoms with E-state index < -0.39 is 0 Å². The average molecular weight is 212 g/mol. The normalized spacial score (nSPS) is 22.6. The molecule has 3 nitrogen and oxygen atoms in total. The summed E-state index contributed by atoms with van der Waals surface area (Å²) < 4.78 is 5.06. The lowest BCUT2D eigenvalue weighted by molar-refractivity contribution is 0.242. The maximum atomic E-state index is 5.06. The third-order valence-corrected chi connectivity index (χ3v) is 2.85. The highest BCUT2D eigenvalue weighted by Crippen LogP contribution is 2.10. The van der Waals surface area contributed by atoms with Crippen molar-refractivity contribution in [1.29, 1.82) is 0 Å². The molecule has 0 spiro atoms. The molecule has 0 aliphatic carbocycles. The van der Waals surface area contributed by atoms with Crippen LogP contribution in [0.1, 0.15) is 32.6 Å². The zero-order valence-corrected chi connectivity index (χ0v) is 9.80. The molecule has 0 saturated carbocycles. The average Bonchev–Trinajstić information content (AvgIpc) is 2.70. The monoisotopic (exact) mass is 212 g/mol. The van der Waals surface area contributed by atoms with Gasteiger partial charge in [-0.05, 0) is 45.7 Å². The molecule has 88 valence electrons. The fourth-order valence-corrected chi connectivity index (χ4v) is 2.06. The van der Waals surface area contributed by atoms with Gasteiger partial charge in [0.15, 0.2) is 0 Å². The van der Waals surface area contributed by atoms with Crippen LogP contribution in [0.25, 0.3) is 0 Å². The smallest absolute Gasteiger partial charge is 0.0885 e. The fraction of sp³-hybridized carbons (Fsp3) is 0.833. The largest absolute Gasteiger partial charge is 0.502 e. The van der Waals surface area contributed by atoms with Crippen molar-refractivity contribution in [3.05, 3.63) is 12.8 Å². The zero-order chi connectivity index (χ0) is 10.9. The van der Waals surface area contributed by atoms with Crippen molar-refractivity contribution >= 4 is 0 Å². The van der Waals surface area contributed by atoms with E-state index in [0.717, 1.165) is 25.6 Å². The molecule has 2 atom stereocenters. The molecule has 0 radical (unpaired) electrons. The van der Waals surface area contributed by atoms with E-state index in [2.05, 4.69) is 24.1 Å². The van der Waals surface area contributed by atoms with Gasteiger partial charge in [0.25, 0.3) is 0 Å². The summed E-state index contributed by atoms with van der Waals surface area (Å²) in [5.41, 5.74) is 0. The van der Waals surface area contributed by atoms with E-state index in [4.69, 9.17) is 4.74 Å². The molecule has 2 N–H and O–H groups in total. The van der Waals surface area contributed by atoms with Crippen molar-refractivity contribution in [2.75, 3.05) is 19.7 Å². The van der Waals surface area contributed by atoms with E-state index in [-0.39, 0.29) is 0 Å². The van der Waals surface area contributed by atoms with Gasteiger partial charge in [-0.2, -0.15) is 0 Å². The SMILES string of the molecule is C=COCCCNC(C)CC1CCCN1. The summed E-state index contributed by atoms with van der Waals surface area (Å²) >= 11 is 0. The van der Waals surface area contributed by atoms with Gasteiger partial charge in [-0.1, -0.05) is 6.58 Å². The maximum Gasteiger partial charge on any atom is 0.0885 e. The Kier molecular flexibility index (Phi) is 6.44. The van der Waals surface area contributed by atoms with E-state index >= 15 is 0 Å². The molecule has 0 bridgehead atoms. The van der Waals surface area contributed by atoms with E-state index in [9.17, 15) is 0 Å². The molecule has 1 heterocycles. The Hall–Kier alpha value is -0.540. The van der Waals surface area contributed by atoms with Crippen molar-refractivity contribution < 1.29 is 4.74 Å². The van der Waals surface area contributed by atoms with Gasteiger partial charge in [0.2, 0.25) is 0 Å². The summed E-state index contributed by atoms with van der Waals surface area (Å²) in [6.07, 6.45) is 6.47. The summed E-state index contributed by atoms with van der Waals surface area (Å²) in [4.78, 5) is 0. The lowest BCUT2D eigenvalue weighted by atomic mass is 10.1. The molecular weight excluding hydrogens is 188 g/mol. The van der Waals surface area contributed by atoms with Gasteiger partial charge in [-0.3, -0.25) is 0 Å². The highest BCUT2D eigenvalue weighted by atomic mass is 16.5. The van der Waals surface area contributed by atoms with Crippen molar-refractivity contribution in [2.24, 2.45) is 0 Å². The van der Waals surface area contributed by atoms with Gasteiger partial charge >= 0.3 is 0 Å². The fourth-order valence-electron chi connectivity index (χ4n) is 2.06. The van der Waals surface area contributed by atoms with Gasteiger partial charge in [0, 0.05) is 12.1 Å². The summed E-state index contributed by atoms with van der Waals surface area (Å²) in [6.45, 7) is 8.77. The Morgan fingerprint density at radius 1 is 1.67 bits per heavy atom. The molecule has 1 saturated heterocycles. The lowest BCUT2D eigenvalue weighted by Crippen LogP contribution is -2.34. The second-order valence-electron chi connectivity index (χ2n) is 4.28. The summed E-state index contributed by atoms with van der Waals surface area (Å²) in [6, 6.07) is 1.33. The van der Waals surface area contributed by atoms with E-state index in [1.54, 1.807) is 0 Å². The molecule has 1 fully saturated rings. The van der Waals surface area contributed by atoms with Gasteiger partial charge in [-0.15, -0.1) is 0 Å². The lowest BCUT2D eigenvalue weighted by Gasteiger charge is -2.18. The second-order valence-corrected chi connectivity index (χ2v) is 4.28. The molecule has 3 heteroatoms. The predicted octanol–water partition coefficient (Wildman–Crippen LogP) is 1.66. The molecule has 0 aromatic rings. The Balaban J connectivity index is 1.93.